The molecule has 3 aromatic rings. The molecule has 23 heavy (non-hydrogen) atoms. The maximum absolute atomic E-state index is 6.03. The quantitative estimate of drug-likeness (QED) is 0.503. The van der Waals surface area contributed by atoms with E-state index in [0.717, 1.165) is 25.3 Å². The summed E-state index contributed by atoms with van der Waals surface area (Å²) in [5, 5.41) is 1.41. The van der Waals surface area contributed by atoms with E-state index in [4.69, 9.17) is 16.3 Å². The van der Waals surface area contributed by atoms with Crippen molar-refractivity contribution in [2.24, 2.45) is 0 Å². The zero-order valence-electron chi connectivity index (χ0n) is 13.3. The van der Waals surface area contributed by atoms with E-state index in [-0.39, 0.29) is 6.10 Å². The number of thiophene rings is 1. The van der Waals surface area contributed by atoms with Gasteiger partial charge < -0.3 is 4.74 Å². The third-order valence-corrected chi connectivity index (χ3v) is 5.53. The van der Waals surface area contributed by atoms with Crippen molar-refractivity contribution in [3.05, 3.63) is 70.6 Å². The predicted molar refractivity (Wildman–Crippen MR) is 101 cm³/mol. The molecule has 1 aliphatic rings. The third-order valence-electron chi connectivity index (χ3n) is 3.90. The van der Waals surface area contributed by atoms with Crippen molar-refractivity contribution in [2.75, 3.05) is 12.5 Å². The Bertz CT molecular complexity index is 749. The molecule has 0 bridgehead atoms. The van der Waals surface area contributed by atoms with Gasteiger partial charge in [0.1, 0.15) is 6.10 Å². The van der Waals surface area contributed by atoms with Crippen LogP contribution in [0, 0.1) is 0 Å². The van der Waals surface area contributed by atoms with Crippen LogP contribution in [0.25, 0.3) is 10.1 Å². The summed E-state index contributed by atoms with van der Waals surface area (Å²) >= 11 is 7.06. The summed E-state index contributed by atoms with van der Waals surface area (Å²) in [4.78, 5) is 1.39. The molecule has 0 fully saturated rings. The molecule has 120 valence electrons. The highest BCUT2D eigenvalue weighted by Gasteiger charge is 2.26. The van der Waals surface area contributed by atoms with Crippen LogP contribution in [0.15, 0.2) is 54.6 Å². The number of ether oxygens (including phenoxy) is 1. The fourth-order valence-electron chi connectivity index (χ4n) is 2.82. The van der Waals surface area contributed by atoms with Gasteiger partial charge in [0.15, 0.2) is 0 Å². The van der Waals surface area contributed by atoms with Crippen molar-refractivity contribution in [1.29, 1.82) is 0 Å². The van der Waals surface area contributed by atoms with E-state index in [1.165, 1.54) is 26.1 Å². The Balaban J connectivity index is 0.000000354. The van der Waals surface area contributed by atoms with Crippen LogP contribution in [0.2, 0.25) is 0 Å². The fraction of sp³-hybridized carbons (Fsp3) is 0.300. The number of hydrogen-bond donors (Lipinski definition) is 0. The molecule has 0 saturated carbocycles. The predicted octanol–water partition coefficient (Wildman–Crippen LogP) is 6.20. The van der Waals surface area contributed by atoms with Crippen molar-refractivity contribution in [3.8, 4) is 0 Å². The molecule has 1 unspecified atom stereocenters. The van der Waals surface area contributed by atoms with Gasteiger partial charge in [0.2, 0.25) is 0 Å². The standard InChI is InChI=1S/C17H14OS.C3H7Cl/c1-2-6-12(7-3-1)16-17-14(10-11-18-16)13-8-4-5-9-15(13)19-17;1-2-3-4/h1-9,16H,10-11H2;2-3H2,1H3. The molecule has 0 N–H and O–H groups in total. The van der Waals surface area contributed by atoms with Crippen molar-refractivity contribution >= 4 is 33.0 Å². The number of alkyl halides is 1. The minimum atomic E-state index is 0.113. The van der Waals surface area contributed by atoms with E-state index in [1.54, 1.807) is 0 Å². The average Bonchev–Trinajstić information content (AvgIpc) is 3.01. The van der Waals surface area contributed by atoms with E-state index < -0.39 is 0 Å². The Hall–Kier alpha value is -1.35. The lowest BCUT2D eigenvalue weighted by atomic mass is 9.99. The molecule has 1 aliphatic heterocycles. The van der Waals surface area contributed by atoms with Gasteiger partial charge in [0.25, 0.3) is 0 Å². The number of hydrogen-bond acceptors (Lipinski definition) is 2. The van der Waals surface area contributed by atoms with Crippen LogP contribution in [0.1, 0.15) is 35.5 Å². The third kappa shape index (κ3) is 3.60. The summed E-state index contributed by atoms with van der Waals surface area (Å²) < 4.78 is 7.40. The maximum atomic E-state index is 6.03. The van der Waals surface area contributed by atoms with Gasteiger partial charge in [-0.2, -0.15) is 0 Å². The number of halogens is 1. The van der Waals surface area contributed by atoms with Crippen LogP contribution in [-0.2, 0) is 11.2 Å². The number of benzene rings is 2. The van der Waals surface area contributed by atoms with Gasteiger partial charge in [-0.15, -0.1) is 22.9 Å². The molecule has 4 rings (SSSR count). The van der Waals surface area contributed by atoms with Crippen LogP contribution in [0.3, 0.4) is 0 Å². The molecule has 2 aromatic carbocycles. The highest BCUT2D eigenvalue weighted by molar-refractivity contribution is 7.19. The van der Waals surface area contributed by atoms with Gasteiger partial charge in [-0.05, 0) is 35.4 Å². The van der Waals surface area contributed by atoms with Crippen LogP contribution in [0.4, 0.5) is 0 Å². The maximum Gasteiger partial charge on any atom is 0.117 e. The Kier molecular flexibility index (Phi) is 5.71. The fourth-order valence-corrected chi connectivity index (χ4v) is 4.15. The molecule has 3 heteroatoms. The Morgan fingerprint density at radius 3 is 2.52 bits per heavy atom. The second kappa shape index (κ2) is 7.96. The van der Waals surface area contributed by atoms with Crippen LogP contribution in [0.5, 0.6) is 0 Å². The molecule has 1 aromatic heterocycles. The number of fused-ring (bicyclic) bond motifs is 3. The average molecular weight is 345 g/mol. The lowest BCUT2D eigenvalue weighted by Gasteiger charge is -2.23. The van der Waals surface area contributed by atoms with E-state index in [0.29, 0.717) is 0 Å². The summed E-state index contributed by atoms with van der Waals surface area (Å²) in [6.07, 6.45) is 2.23. The van der Waals surface area contributed by atoms with Crippen LogP contribution >= 0.6 is 22.9 Å². The zero-order valence-corrected chi connectivity index (χ0v) is 14.9. The van der Waals surface area contributed by atoms with E-state index in [9.17, 15) is 0 Å². The molecular formula is C20H21ClOS. The molecule has 2 heterocycles. The topological polar surface area (TPSA) is 9.23 Å². The first kappa shape index (κ1) is 16.5. The first-order valence-corrected chi connectivity index (χ1v) is 9.43. The van der Waals surface area contributed by atoms with E-state index in [2.05, 4.69) is 54.6 Å². The van der Waals surface area contributed by atoms with Gasteiger partial charge in [-0.1, -0.05) is 55.5 Å². The highest BCUT2D eigenvalue weighted by atomic mass is 35.5. The molecule has 1 atom stereocenters. The van der Waals surface area contributed by atoms with E-state index >= 15 is 0 Å². The van der Waals surface area contributed by atoms with Gasteiger partial charge >= 0.3 is 0 Å². The summed E-state index contributed by atoms with van der Waals surface area (Å²) in [5.74, 6) is 0.792. The molecule has 0 aliphatic carbocycles. The monoisotopic (exact) mass is 344 g/mol. The Morgan fingerprint density at radius 2 is 1.78 bits per heavy atom. The molecule has 0 radical (unpaired) electrons. The lowest BCUT2D eigenvalue weighted by molar-refractivity contribution is 0.0732. The van der Waals surface area contributed by atoms with Crippen molar-refractivity contribution in [3.63, 3.8) is 0 Å². The van der Waals surface area contributed by atoms with Gasteiger partial charge in [-0.3, -0.25) is 0 Å². The largest absolute Gasteiger partial charge is 0.368 e. The Labute approximate surface area is 146 Å². The minimum absolute atomic E-state index is 0.113. The van der Waals surface area contributed by atoms with Gasteiger partial charge in [0, 0.05) is 15.5 Å². The second-order valence-corrected chi connectivity index (χ2v) is 7.00. The summed E-state index contributed by atoms with van der Waals surface area (Å²) in [5.41, 5.74) is 2.75. The summed E-state index contributed by atoms with van der Waals surface area (Å²) in [6.45, 7) is 2.86. The normalized spacial score (nSPS) is 16.5. The van der Waals surface area contributed by atoms with Crippen molar-refractivity contribution in [2.45, 2.75) is 25.9 Å². The molecule has 0 spiro atoms. The summed E-state index contributed by atoms with van der Waals surface area (Å²) in [6, 6.07) is 19.2. The molecular weight excluding hydrogens is 324 g/mol. The zero-order chi connectivity index (χ0) is 16.1. The molecule has 0 saturated heterocycles. The SMILES string of the molecule is CCCCl.c1ccc(C2OCCc3c2sc2ccccc32)cc1. The second-order valence-electron chi connectivity index (χ2n) is 5.54. The first-order chi connectivity index (χ1) is 11.3. The minimum Gasteiger partial charge on any atom is -0.368 e. The first-order valence-electron chi connectivity index (χ1n) is 8.08. The highest BCUT2D eigenvalue weighted by Crippen LogP contribution is 2.42. The van der Waals surface area contributed by atoms with Crippen LogP contribution in [-0.4, -0.2) is 12.5 Å². The van der Waals surface area contributed by atoms with Gasteiger partial charge in [-0.25, -0.2) is 0 Å². The van der Waals surface area contributed by atoms with Gasteiger partial charge in [0.05, 0.1) is 6.61 Å². The number of rotatable bonds is 2. The molecule has 1 nitrogen and oxygen atoms in total. The lowest BCUT2D eigenvalue weighted by Crippen LogP contribution is -2.15. The molecule has 0 amide bonds. The Morgan fingerprint density at radius 1 is 1.09 bits per heavy atom. The smallest absolute Gasteiger partial charge is 0.117 e. The van der Waals surface area contributed by atoms with E-state index in [1.807, 2.05) is 18.3 Å². The van der Waals surface area contributed by atoms with Crippen LogP contribution < -0.4 is 0 Å². The van der Waals surface area contributed by atoms with Crippen molar-refractivity contribution in [1.82, 2.24) is 0 Å². The van der Waals surface area contributed by atoms with Crippen molar-refractivity contribution < 1.29 is 4.74 Å². The summed E-state index contributed by atoms with van der Waals surface area (Å²) in [7, 11) is 0.